The van der Waals surface area contributed by atoms with E-state index in [0.29, 0.717) is 11.0 Å². The highest BCUT2D eigenvalue weighted by Crippen LogP contribution is 2.25. The van der Waals surface area contributed by atoms with Gasteiger partial charge in [-0.2, -0.15) is 0 Å². The average molecular weight is 189 g/mol. The van der Waals surface area contributed by atoms with Gasteiger partial charge in [0.1, 0.15) is 11.3 Å². The molecule has 0 amide bonds. The molecule has 0 bridgehead atoms. The van der Waals surface area contributed by atoms with Crippen LogP contribution in [0.4, 0.5) is 0 Å². The first-order valence-electron chi connectivity index (χ1n) is 4.51. The number of phenolic OH excluding ortho intramolecular Hbond substituents is 1. The first-order valence-corrected chi connectivity index (χ1v) is 4.51. The molecule has 0 unspecified atom stereocenters. The summed E-state index contributed by atoms with van der Waals surface area (Å²) in [5.74, 6) is 0.211. The van der Waals surface area contributed by atoms with Crippen molar-refractivity contribution < 1.29 is 9.52 Å². The third-order valence-corrected chi connectivity index (χ3v) is 2.21. The molecular formula is C11H11NO2. The van der Waals surface area contributed by atoms with Crippen molar-refractivity contribution >= 4 is 11.0 Å². The predicted molar refractivity (Wildman–Crippen MR) is 53.1 cm³/mol. The molecular weight excluding hydrogens is 178 g/mol. The van der Waals surface area contributed by atoms with Crippen LogP contribution >= 0.6 is 0 Å². The molecule has 14 heavy (non-hydrogen) atoms. The summed E-state index contributed by atoms with van der Waals surface area (Å²) in [4.78, 5) is 0. The van der Waals surface area contributed by atoms with Crippen molar-refractivity contribution in [3.63, 3.8) is 0 Å². The highest BCUT2D eigenvalue weighted by atomic mass is 16.3. The van der Waals surface area contributed by atoms with Crippen LogP contribution in [0.5, 0.6) is 5.75 Å². The molecule has 0 aliphatic heterocycles. The van der Waals surface area contributed by atoms with Crippen molar-refractivity contribution in [1.29, 1.82) is 5.41 Å². The molecule has 0 aliphatic rings. The lowest BCUT2D eigenvalue weighted by molar-refractivity contribution is 0.477. The van der Waals surface area contributed by atoms with Gasteiger partial charge in [0.2, 0.25) is 5.55 Å². The molecule has 1 heterocycles. The smallest absolute Gasteiger partial charge is 0.211 e. The third-order valence-electron chi connectivity index (χ3n) is 2.21. The van der Waals surface area contributed by atoms with Gasteiger partial charge in [0.15, 0.2) is 0 Å². The molecule has 2 N–H and O–H groups in total. The number of benzene rings is 1. The fourth-order valence-electron chi connectivity index (χ4n) is 1.43. The van der Waals surface area contributed by atoms with E-state index in [4.69, 9.17) is 9.83 Å². The van der Waals surface area contributed by atoms with Crippen LogP contribution < -0.4 is 5.55 Å². The monoisotopic (exact) mass is 189 g/mol. The summed E-state index contributed by atoms with van der Waals surface area (Å²) in [7, 11) is 0. The van der Waals surface area contributed by atoms with Crippen LogP contribution in [0.1, 0.15) is 12.5 Å². The van der Waals surface area contributed by atoms with Crippen LogP contribution in [0.3, 0.4) is 0 Å². The normalized spacial score (nSPS) is 10.6. The van der Waals surface area contributed by atoms with Gasteiger partial charge >= 0.3 is 0 Å². The molecule has 72 valence electrons. The second-order valence-electron chi connectivity index (χ2n) is 3.18. The summed E-state index contributed by atoms with van der Waals surface area (Å²) in [6.07, 6.45) is 0.835. The Kier molecular flexibility index (Phi) is 2.00. The standard InChI is InChI=1S/C11H11NO2/c1-2-7-5-9(13)8-3-4-11(12)14-10(8)6-7/h3-6,12-13H,2H2,1H3. The number of hydrogen-bond donors (Lipinski definition) is 2. The van der Waals surface area contributed by atoms with Crippen LogP contribution in [0, 0.1) is 5.41 Å². The maximum atomic E-state index is 9.65. The fourth-order valence-corrected chi connectivity index (χ4v) is 1.43. The lowest BCUT2D eigenvalue weighted by Gasteiger charge is -2.02. The SMILES string of the molecule is CCc1cc(O)c2ccc(=N)oc2c1. The van der Waals surface area contributed by atoms with Gasteiger partial charge in [0, 0.05) is 6.07 Å². The number of phenols is 1. The molecule has 0 saturated carbocycles. The highest BCUT2D eigenvalue weighted by Gasteiger charge is 2.03. The average Bonchev–Trinajstić information content (AvgIpc) is 2.16. The van der Waals surface area contributed by atoms with E-state index in [1.807, 2.05) is 13.0 Å². The summed E-state index contributed by atoms with van der Waals surface area (Å²) in [5.41, 5.74) is 1.67. The molecule has 0 spiro atoms. The second-order valence-corrected chi connectivity index (χ2v) is 3.18. The lowest BCUT2D eigenvalue weighted by atomic mass is 10.1. The summed E-state index contributed by atoms with van der Waals surface area (Å²) < 4.78 is 5.19. The summed E-state index contributed by atoms with van der Waals surface area (Å²) in [6, 6.07) is 6.79. The molecule has 0 radical (unpaired) electrons. The first-order chi connectivity index (χ1) is 6.70. The van der Waals surface area contributed by atoms with Crippen molar-refractivity contribution in [3.05, 3.63) is 35.4 Å². The van der Waals surface area contributed by atoms with Gasteiger partial charge in [-0.25, -0.2) is 0 Å². The van der Waals surface area contributed by atoms with Crippen molar-refractivity contribution in [2.45, 2.75) is 13.3 Å². The summed E-state index contributed by atoms with van der Waals surface area (Å²) >= 11 is 0. The van der Waals surface area contributed by atoms with Gasteiger partial charge in [0.25, 0.3) is 0 Å². The highest BCUT2D eigenvalue weighted by molar-refractivity contribution is 5.83. The van der Waals surface area contributed by atoms with E-state index in [2.05, 4.69) is 0 Å². The van der Waals surface area contributed by atoms with Gasteiger partial charge in [-0.05, 0) is 30.2 Å². The summed E-state index contributed by atoms with van der Waals surface area (Å²) in [6.45, 7) is 2.01. The van der Waals surface area contributed by atoms with Crippen LogP contribution in [0.15, 0.2) is 28.7 Å². The predicted octanol–water partition coefficient (Wildman–Crippen LogP) is 2.18. The molecule has 1 aromatic carbocycles. The molecule has 0 atom stereocenters. The van der Waals surface area contributed by atoms with Crippen molar-refractivity contribution in [3.8, 4) is 5.75 Å². The molecule has 3 nitrogen and oxygen atoms in total. The molecule has 0 aliphatic carbocycles. The zero-order chi connectivity index (χ0) is 10.1. The van der Waals surface area contributed by atoms with Gasteiger partial charge in [-0.3, -0.25) is 5.41 Å². The topological polar surface area (TPSA) is 57.2 Å². The third kappa shape index (κ3) is 1.37. The van der Waals surface area contributed by atoms with Gasteiger partial charge in [-0.15, -0.1) is 0 Å². The minimum Gasteiger partial charge on any atom is -0.507 e. The van der Waals surface area contributed by atoms with Gasteiger partial charge in [-0.1, -0.05) is 6.92 Å². The van der Waals surface area contributed by atoms with E-state index in [-0.39, 0.29) is 11.3 Å². The zero-order valence-electron chi connectivity index (χ0n) is 7.87. The largest absolute Gasteiger partial charge is 0.507 e. The molecule has 0 fully saturated rings. The van der Waals surface area contributed by atoms with E-state index in [1.165, 1.54) is 6.07 Å². The summed E-state index contributed by atoms with van der Waals surface area (Å²) in [5, 5.41) is 17.6. The van der Waals surface area contributed by atoms with Crippen molar-refractivity contribution in [2.75, 3.05) is 0 Å². The van der Waals surface area contributed by atoms with E-state index in [0.717, 1.165) is 12.0 Å². The number of fused-ring (bicyclic) bond motifs is 1. The van der Waals surface area contributed by atoms with E-state index >= 15 is 0 Å². The Labute approximate surface area is 81.1 Å². The first kappa shape index (κ1) is 8.81. The molecule has 2 aromatic rings. The lowest BCUT2D eigenvalue weighted by Crippen LogP contribution is -1.95. The molecule has 1 aromatic heterocycles. The fraction of sp³-hybridized carbons (Fsp3) is 0.182. The van der Waals surface area contributed by atoms with Gasteiger partial charge < -0.3 is 9.52 Å². The molecule has 2 rings (SSSR count). The van der Waals surface area contributed by atoms with Crippen LogP contribution in [-0.4, -0.2) is 5.11 Å². The van der Waals surface area contributed by atoms with Crippen LogP contribution in [0.25, 0.3) is 11.0 Å². The zero-order valence-corrected chi connectivity index (χ0v) is 7.87. The minimum atomic E-state index is 0.102. The quantitative estimate of drug-likeness (QED) is 0.722. The Bertz CT molecular complexity index is 528. The number of nitrogens with one attached hydrogen (secondary N) is 1. The number of hydrogen-bond acceptors (Lipinski definition) is 3. The van der Waals surface area contributed by atoms with Crippen molar-refractivity contribution in [2.24, 2.45) is 0 Å². The minimum absolute atomic E-state index is 0.102. The van der Waals surface area contributed by atoms with Crippen LogP contribution in [-0.2, 0) is 6.42 Å². The Morgan fingerprint density at radius 2 is 2.14 bits per heavy atom. The van der Waals surface area contributed by atoms with Crippen molar-refractivity contribution in [1.82, 2.24) is 0 Å². The Morgan fingerprint density at radius 3 is 2.86 bits per heavy atom. The molecule has 0 saturated heterocycles. The van der Waals surface area contributed by atoms with Gasteiger partial charge in [0.05, 0.1) is 5.39 Å². The van der Waals surface area contributed by atoms with E-state index in [1.54, 1.807) is 12.1 Å². The number of rotatable bonds is 1. The Morgan fingerprint density at radius 1 is 1.36 bits per heavy atom. The second kappa shape index (κ2) is 3.18. The van der Waals surface area contributed by atoms with Crippen LogP contribution in [0.2, 0.25) is 0 Å². The Hall–Kier alpha value is -1.77. The van der Waals surface area contributed by atoms with E-state index < -0.39 is 0 Å². The maximum absolute atomic E-state index is 9.65. The molecule has 3 heteroatoms. The number of aromatic hydroxyl groups is 1. The number of aryl methyl sites for hydroxylation is 1. The Balaban J connectivity index is 2.83. The maximum Gasteiger partial charge on any atom is 0.211 e. The van der Waals surface area contributed by atoms with E-state index in [9.17, 15) is 5.11 Å².